The Bertz CT molecular complexity index is 264. The topological polar surface area (TPSA) is 43.8 Å². The van der Waals surface area contributed by atoms with Crippen LogP contribution >= 0.6 is 0 Å². The summed E-state index contributed by atoms with van der Waals surface area (Å²) >= 11 is 0. The van der Waals surface area contributed by atoms with E-state index in [4.69, 9.17) is 0 Å². The van der Waals surface area contributed by atoms with Crippen molar-refractivity contribution in [3.8, 4) is 0 Å². The molecule has 1 aliphatic rings. The highest BCUT2D eigenvalue weighted by molar-refractivity contribution is 5.78. The zero-order valence-corrected chi connectivity index (χ0v) is 10.8. The van der Waals surface area contributed by atoms with Crippen LogP contribution in [0, 0.1) is 0 Å². The van der Waals surface area contributed by atoms with Crippen molar-refractivity contribution in [2.45, 2.75) is 38.7 Å². The first-order chi connectivity index (χ1) is 8.52. The Morgan fingerprint density at radius 2 is 2.17 bits per heavy atom. The van der Waals surface area contributed by atoms with Gasteiger partial charge in [0, 0.05) is 26.1 Å². The molecule has 0 spiro atoms. The normalized spacial score (nSPS) is 18.1. The first-order valence-corrected chi connectivity index (χ1v) is 6.49. The van der Waals surface area contributed by atoms with Crippen molar-refractivity contribution in [3.63, 3.8) is 0 Å². The quantitative estimate of drug-likeness (QED) is 0.710. The van der Waals surface area contributed by atoms with Gasteiger partial charge < -0.3 is 10.0 Å². The summed E-state index contributed by atoms with van der Waals surface area (Å²) in [5.41, 5.74) is 0. The molecular weight excluding hydrogens is 242 g/mol. The molecule has 1 atom stereocenters. The molecule has 1 aliphatic heterocycles. The largest absolute Gasteiger partial charge is 0.390 e. The van der Waals surface area contributed by atoms with E-state index >= 15 is 0 Å². The highest BCUT2D eigenvalue weighted by Gasteiger charge is 2.24. The van der Waals surface area contributed by atoms with Crippen LogP contribution in [0.15, 0.2) is 0 Å². The monoisotopic (exact) mass is 264 g/mol. The molecule has 1 amide bonds. The molecule has 1 fully saturated rings. The van der Waals surface area contributed by atoms with E-state index in [-0.39, 0.29) is 25.5 Å². The van der Waals surface area contributed by atoms with Crippen LogP contribution in [-0.2, 0) is 4.79 Å². The summed E-state index contributed by atoms with van der Waals surface area (Å²) in [6.45, 7) is 3.24. The summed E-state index contributed by atoms with van der Waals surface area (Å²) in [7, 11) is 0. The zero-order valence-electron chi connectivity index (χ0n) is 10.8. The number of hydrogen-bond donors (Lipinski definition) is 1. The minimum Gasteiger partial charge on any atom is -0.390 e. The fourth-order valence-electron chi connectivity index (χ4n) is 2.28. The third kappa shape index (κ3) is 5.27. The van der Waals surface area contributed by atoms with Crippen molar-refractivity contribution < 1.29 is 18.7 Å². The lowest BCUT2D eigenvalue weighted by Gasteiger charge is -2.26. The van der Waals surface area contributed by atoms with Crippen molar-refractivity contribution in [2.24, 2.45) is 0 Å². The van der Waals surface area contributed by atoms with E-state index in [1.165, 1.54) is 0 Å². The molecule has 6 heteroatoms. The molecule has 1 saturated heterocycles. The van der Waals surface area contributed by atoms with Gasteiger partial charge in [0.1, 0.15) is 0 Å². The van der Waals surface area contributed by atoms with Crippen molar-refractivity contribution >= 4 is 5.91 Å². The van der Waals surface area contributed by atoms with Crippen molar-refractivity contribution in [1.82, 2.24) is 9.80 Å². The first kappa shape index (κ1) is 15.3. The minimum atomic E-state index is -2.39. The van der Waals surface area contributed by atoms with E-state index in [2.05, 4.69) is 0 Å². The number of aliphatic hydroxyl groups is 1. The minimum absolute atomic E-state index is 0.0463. The van der Waals surface area contributed by atoms with E-state index < -0.39 is 12.5 Å². The van der Waals surface area contributed by atoms with E-state index in [1.807, 2.05) is 6.92 Å². The number of halogens is 2. The zero-order chi connectivity index (χ0) is 13.5. The van der Waals surface area contributed by atoms with Gasteiger partial charge in [0.05, 0.1) is 12.6 Å². The summed E-state index contributed by atoms with van der Waals surface area (Å²) in [5.74, 6) is 0.0463. The molecule has 0 saturated carbocycles. The predicted octanol–water partition coefficient (Wildman–Crippen LogP) is 0.947. The number of β-amino-alcohol motifs (C(OH)–C–C–N with tert-alkyl or cyclic N) is 1. The summed E-state index contributed by atoms with van der Waals surface area (Å²) < 4.78 is 24.7. The molecule has 0 aliphatic carbocycles. The van der Waals surface area contributed by atoms with Crippen LogP contribution in [0.25, 0.3) is 0 Å². The van der Waals surface area contributed by atoms with Crippen molar-refractivity contribution in [3.05, 3.63) is 0 Å². The van der Waals surface area contributed by atoms with Crippen molar-refractivity contribution in [2.75, 3.05) is 32.7 Å². The molecule has 0 aromatic carbocycles. The van der Waals surface area contributed by atoms with Crippen molar-refractivity contribution in [1.29, 1.82) is 0 Å². The molecule has 0 aromatic heterocycles. The molecule has 18 heavy (non-hydrogen) atoms. The number of hydrogen-bond acceptors (Lipinski definition) is 3. The molecule has 0 bridgehead atoms. The van der Waals surface area contributed by atoms with E-state index in [1.54, 1.807) is 9.80 Å². The number of nitrogens with zero attached hydrogens (tertiary/aromatic N) is 2. The number of carbonyl (C=O) groups is 1. The number of amides is 1. The second kappa shape index (κ2) is 7.63. The molecule has 0 radical (unpaired) electrons. The molecule has 1 unspecified atom stereocenters. The Morgan fingerprint density at radius 3 is 2.67 bits per heavy atom. The maximum absolute atomic E-state index is 12.3. The van der Waals surface area contributed by atoms with Crippen LogP contribution in [0.2, 0.25) is 0 Å². The summed E-state index contributed by atoms with van der Waals surface area (Å²) in [4.78, 5) is 14.5. The van der Waals surface area contributed by atoms with E-state index in [0.717, 1.165) is 12.8 Å². The number of alkyl halides is 2. The molecule has 1 heterocycles. The third-order valence-electron chi connectivity index (χ3n) is 3.01. The van der Waals surface area contributed by atoms with Gasteiger partial charge in [-0.2, -0.15) is 0 Å². The van der Waals surface area contributed by atoms with Crippen LogP contribution in [0.3, 0.4) is 0 Å². The second-order valence-corrected chi connectivity index (χ2v) is 4.75. The van der Waals surface area contributed by atoms with Gasteiger partial charge in [-0.05, 0) is 19.4 Å². The average Bonchev–Trinajstić information content (AvgIpc) is 2.63. The Hall–Kier alpha value is -0.750. The Kier molecular flexibility index (Phi) is 6.49. The van der Waals surface area contributed by atoms with Gasteiger partial charge in [0.15, 0.2) is 0 Å². The Morgan fingerprint density at radius 1 is 1.44 bits per heavy atom. The first-order valence-electron chi connectivity index (χ1n) is 6.49. The van der Waals surface area contributed by atoms with E-state index in [9.17, 15) is 18.7 Å². The van der Waals surface area contributed by atoms with Crippen LogP contribution in [0.5, 0.6) is 0 Å². The third-order valence-corrected chi connectivity index (χ3v) is 3.01. The highest BCUT2D eigenvalue weighted by Crippen LogP contribution is 2.10. The van der Waals surface area contributed by atoms with E-state index in [0.29, 0.717) is 19.5 Å². The highest BCUT2D eigenvalue weighted by atomic mass is 19.3. The summed E-state index contributed by atoms with van der Waals surface area (Å²) in [6, 6.07) is 0. The lowest BCUT2D eigenvalue weighted by molar-refractivity contribution is -0.129. The molecule has 0 aromatic rings. The van der Waals surface area contributed by atoms with Gasteiger partial charge in [-0.25, -0.2) is 8.78 Å². The lowest BCUT2D eigenvalue weighted by atomic mass is 10.2. The lowest BCUT2D eigenvalue weighted by Crippen LogP contribution is -2.42. The van der Waals surface area contributed by atoms with Gasteiger partial charge in [0.2, 0.25) is 5.91 Å². The van der Waals surface area contributed by atoms with Gasteiger partial charge in [-0.15, -0.1) is 0 Å². The van der Waals surface area contributed by atoms with Crippen LogP contribution in [0.1, 0.15) is 26.2 Å². The Balaban J connectivity index is 2.35. The fourth-order valence-corrected chi connectivity index (χ4v) is 2.28. The number of carbonyl (C=O) groups excluding carboxylic acids is 1. The summed E-state index contributed by atoms with van der Waals surface area (Å²) in [5, 5.41) is 9.86. The van der Waals surface area contributed by atoms with Crippen LogP contribution in [0.4, 0.5) is 8.78 Å². The standard InChI is InChI=1S/C12H22F2N2O2/c1-2-5-15(9-11(13)14)7-10(17)8-16-6-3-4-12(16)18/h10-11,17H,2-9H2,1H3. The molecule has 4 nitrogen and oxygen atoms in total. The predicted molar refractivity (Wildman–Crippen MR) is 64.6 cm³/mol. The number of likely N-dealkylation sites (tertiary alicyclic amines) is 1. The van der Waals surface area contributed by atoms with Gasteiger partial charge >= 0.3 is 0 Å². The Labute approximate surface area is 107 Å². The SMILES string of the molecule is CCCN(CC(F)F)CC(O)CN1CCCC1=O. The molecule has 1 rings (SSSR count). The number of aliphatic hydroxyl groups excluding tert-OH is 1. The fraction of sp³-hybridized carbons (Fsp3) is 0.917. The van der Waals surface area contributed by atoms with Gasteiger partial charge in [-0.1, -0.05) is 6.92 Å². The second-order valence-electron chi connectivity index (χ2n) is 4.75. The smallest absolute Gasteiger partial charge is 0.251 e. The van der Waals surface area contributed by atoms with Gasteiger partial charge in [0.25, 0.3) is 6.43 Å². The molecule has 106 valence electrons. The van der Waals surface area contributed by atoms with Gasteiger partial charge in [-0.3, -0.25) is 9.69 Å². The van der Waals surface area contributed by atoms with Crippen LogP contribution < -0.4 is 0 Å². The van der Waals surface area contributed by atoms with Crippen LogP contribution in [-0.4, -0.2) is 66.1 Å². The maximum Gasteiger partial charge on any atom is 0.251 e. The molecular formula is C12H22F2N2O2. The maximum atomic E-state index is 12.3. The average molecular weight is 264 g/mol. The molecule has 1 N–H and O–H groups in total. The summed E-state index contributed by atoms with van der Waals surface area (Å²) in [6.07, 6.45) is -1.03. The number of rotatable bonds is 8.